The fourth-order valence-corrected chi connectivity index (χ4v) is 3.44. The monoisotopic (exact) mass is 411 g/mol. The summed E-state index contributed by atoms with van der Waals surface area (Å²) in [5.41, 5.74) is 3.39. The van der Waals surface area contributed by atoms with Gasteiger partial charge in [-0.25, -0.2) is 15.0 Å². The molecule has 0 N–H and O–H groups in total. The van der Waals surface area contributed by atoms with Crippen molar-refractivity contribution < 1.29 is 4.55 Å². The maximum Gasteiger partial charge on any atom is 0.261 e. The van der Waals surface area contributed by atoms with E-state index in [9.17, 15) is 9.35 Å². The Morgan fingerprint density at radius 3 is 2.34 bits per heavy atom. The van der Waals surface area contributed by atoms with Crippen molar-refractivity contribution in [2.75, 3.05) is 0 Å². The van der Waals surface area contributed by atoms with E-state index < -0.39 is 16.1 Å². The molecule has 0 aliphatic carbocycles. The molecule has 0 aliphatic heterocycles. The van der Waals surface area contributed by atoms with Crippen LogP contribution in [0.1, 0.15) is 44.4 Å². The highest BCUT2D eigenvalue weighted by Gasteiger charge is 2.27. The predicted octanol–water partition coefficient (Wildman–Crippen LogP) is 3.28. The lowest BCUT2D eigenvalue weighted by Gasteiger charge is -2.19. The third kappa shape index (κ3) is 4.23. The van der Waals surface area contributed by atoms with E-state index in [0.717, 1.165) is 11.1 Å². The molecule has 0 aliphatic rings. The molecule has 0 spiro atoms. The molecule has 8 heteroatoms. The van der Waals surface area contributed by atoms with Crippen molar-refractivity contribution in [2.45, 2.75) is 46.3 Å². The van der Waals surface area contributed by atoms with Crippen molar-refractivity contribution in [2.24, 2.45) is 11.4 Å². The minimum absolute atomic E-state index is 0.191. The van der Waals surface area contributed by atoms with Gasteiger partial charge in [-0.3, -0.25) is 9.36 Å². The zero-order valence-electron chi connectivity index (χ0n) is 17.8. The molecule has 2 heterocycles. The second-order valence-electron chi connectivity index (χ2n) is 8.13. The summed E-state index contributed by atoms with van der Waals surface area (Å²) in [6.07, 6.45) is 3.38. The normalized spacial score (nSPS) is 13.7. The van der Waals surface area contributed by atoms with Crippen LogP contribution in [-0.4, -0.2) is 34.5 Å². The third-order valence-electron chi connectivity index (χ3n) is 4.44. The number of rotatable bonds is 3. The van der Waals surface area contributed by atoms with Crippen molar-refractivity contribution in [3.8, 4) is 11.6 Å². The van der Waals surface area contributed by atoms with E-state index in [1.54, 1.807) is 26.4 Å². The van der Waals surface area contributed by atoms with Crippen LogP contribution in [0.5, 0.6) is 0 Å². The van der Waals surface area contributed by atoms with Gasteiger partial charge in [-0.2, -0.15) is 0 Å². The topological polar surface area (TPSA) is 96.1 Å². The quantitative estimate of drug-likeness (QED) is 0.487. The zero-order valence-corrected chi connectivity index (χ0v) is 18.6. The smallest absolute Gasteiger partial charge is 0.261 e. The van der Waals surface area contributed by atoms with Crippen molar-refractivity contribution >= 4 is 28.0 Å². The van der Waals surface area contributed by atoms with Gasteiger partial charge in [-0.15, -0.1) is 0 Å². The summed E-state index contributed by atoms with van der Waals surface area (Å²) in [6, 6.07) is 3.72. The molecule has 1 aromatic carbocycles. The number of nitrogens with zero attached hydrogens (tertiary/aromatic N) is 5. The molecule has 0 radical (unpaired) electrons. The van der Waals surface area contributed by atoms with Crippen molar-refractivity contribution in [1.29, 1.82) is 0 Å². The van der Waals surface area contributed by atoms with Crippen LogP contribution < -0.4 is 5.56 Å². The zero-order chi connectivity index (χ0) is 21.5. The summed E-state index contributed by atoms with van der Waals surface area (Å²) in [5.74, 6) is 0.744. The molecule has 0 saturated heterocycles. The number of benzene rings is 1. The highest BCUT2D eigenvalue weighted by Crippen LogP contribution is 2.23. The Hall–Kier alpha value is -2.58. The minimum atomic E-state index is -1.42. The van der Waals surface area contributed by atoms with Gasteiger partial charge >= 0.3 is 0 Å². The summed E-state index contributed by atoms with van der Waals surface area (Å²) in [6.45, 7) is 11.2. The average Bonchev–Trinajstić information content (AvgIpc) is 2.64. The van der Waals surface area contributed by atoms with Gasteiger partial charge in [0.15, 0.2) is 11.6 Å². The molecule has 3 aromatic rings. The lowest BCUT2D eigenvalue weighted by molar-refractivity contribution is 0.561. The third-order valence-corrected chi connectivity index (χ3v) is 5.93. The van der Waals surface area contributed by atoms with Crippen LogP contribution in [0.3, 0.4) is 0 Å². The Kier molecular flexibility index (Phi) is 5.60. The summed E-state index contributed by atoms with van der Waals surface area (Å²) < 4.78 is 17.9. The van der Waals surface area contributed by atoms with Crippen LogP contribution in [0.4, 0.5) is 0 Å². The van der Waals surface area contributed by atoms with Crippen molar-refractivity contribution in [3.63, 3.8) is 0 Å². The SMILES string of the molecule is CC(=N[S@+]([O-])C(C)(C)C)c1cc(C)cc2c(=O)n(C)c(-c3ncc(C)cn3)nc12. The Labute approximate surface area is 173 Å². The van der Waals surface area contributed by atoms with E-state index in [-0.39, 0.29) is 5.56 Å². The first-order chi connectivity index (χ1) is 13.5. The maximum absolute atomic E-state index is 13.1. The molecule has 0 amide bonds. The van der Waals surface area contributed by atoms with E-state index in [2.05, 4.69) is 14.4 Å². The Morgan fingerprint density at radius 2 is 1.76 bits per heavy atom. The molecule has 152 valence electrons. The van der Waals surface area contributed by atoms with Crippen LogP contribution in [0.15, 0.2) is 33.7 Å². The number of hydrogen-bond acceptors (Lipinski definition) is 6. The molecular weight excluding hydrogens is 386 g/mol. The first-order valence-corrected chi connectivity index (χ1v) is 10.4. The second-order valence-corrected chi connectivity index (χ2v) is 10.0. The van der Waals surface area contributed by atoms with Crippen LogP contribution in [-0.2, 0) is 18.4 Å². The summed E-state index contributed by atoms with van der Waals surface area (Å²) in [4.78, 5) is 26.4. The average molecular weight is 412 g/mol. The fraction of sp³-hybridized carbons (Fsp3) is 0.381. The highest BCUT2D eigenvalue weighted by molar-refractivity contribution is 7.91. The van der Waals surface area contributed by atoms with E-state index in [4.69, 9.17) is 4.98 Å². The van der Waals surface area contributed by atoms with Crippen LogP contribution in [0.25, 0.3) is 22.6 Å². The molecule has 0 unspecified atom stereocenters. The van der Waals surface area contributed by atoms with Crippen molar-refractivity contribution in [1.82, 2.24) is 19.5 Å². The van der Waals surface area contributed by atoms with Gasteiger partial charge in [0.05, 0.1) is 16.6 Å². The van der Waals surface area contributed by atoms with Gasteiger partial charge in [0, 0.05) is 25.0 Å². The van der Waals surface area contributed by atoms with Crippen molar-refractivity contribution in [3.05, 3.63) is 51.6 Å². The summed E-state index contributed by atoms with van der Waals surface area (Å²) in [7, 11) is 1.66. The largest absolute Gasteiger partial charge is 0.591 e. The number of aromatic nitrogens is 4. The highest BCUT2D eigenvalue weighted by atomic mass is 32.2. The Morgan fingerprint density at radius 1 is 1.14 bits per heavy atom. The predicted molar refractivity (Wildman–Crippen MR) is 118 cm³/mol. The van der Waals surface area contributed by atoms with Gasteiger partial charge in [0.2, 0.25) is 0 Å². The molecule has 0 saturated carbocycles. The fourth-order valence-electron chi connectivity index (χ4n) is 2.81. The van der Waals surface area contributed by atoms with Crippen LogP contribution >= 0.6 is 0 Å². The number of aryl methyl sites for hydroxylation is 2. The maximum atomic E-state index is 13.1. The summed E-state index contributed by atoms with van der Waals surface area (Å²) >= 11 is -1.42. The van der Waals surface area contributed by atoms with Gasteiger partial charge < -0.3 is 4.55 Å². The molecule has 0 fully saturated rings. The van der Waals surface area contributed by atoms with Crippen LogP contribution in [0.2, 0.25) is 0 Å². The molecule has 1 atom stereocenters. The van der Waals surface area contributed by atoms with E-state index in [0.29, 0.717) is 33.8 Å². The van der Waals surface area contributed by atoms with E-state index in [1.807, 2.05) is 46.8 Å². The molecule has 0 bridgehead atoms. The summed E-state index contributed by atoms with van der Waals surface area (Å²) in [5, 5.41) is 0.481. The molecular formula is C21H25N5O2S. The molecule has 2 aromatic heterocycles. The van der Waals surface area contributed by atoms with Gasteiger partial charge in [-0.1, -0.05) is 4.40 Å². The molecule has 29 heavy (non-hydrogen) atoms. The minimum Gasteiger partial charge on any atom is -0.591 e. The molecule has 3 rings (SSSR count). The molecule has 7 nitrogen and oxygen atoms in total. The van der Waals surface area contributed by atoms with Gasteiger partial charge in [0.1, 0.15) is 16.1 Å². The van der Waals surface area contributed by atoms with E-state index >= 15 is 0 Å². The number of fused-ring (bicyclic) bond motifs is 1. The Bertz CT molecular complexity index is 1160. The lowest BCUT2D eigenvalue weighted by atomic mass is 10.0. The first-order valence-electron chi connectivity index (χ1n) is 9.27. The lowest BCUT2D eigenvalue weighted by Crippen LogP contribution is -2.27. The van der Waals surface area contributed by atoms with Gasteiger partial charge in [0.25, 0.3) is 5.56 Å². The standard InChI is InChI=1S/C21H25N5O2S/c1-12-8-15(14(3)25-29(28)21(4,5)6)17-16(9-12)20(27)26(7)19(24-17)18-22-10-13(2)11-23-18/h8-11H,1-7H3/t29-/m1/s1. The van der Waals surface area contributed by atoms with Gasteiger partial charge in [-0.05, 0) is 64.8 Å². The van der Waals surface area contributed by atoms with Crippen LogP contribution in [0, 0.1) is 13.8 Å². The Balaban J connectivity index is 2.30. The first kappa shape index (κ1) is 21.1. The second kappa shape index (κ2) is 7.68. The number of hydrogen-bond donors (Lipinski definition) is 0. The van der Waals surface area contributed by atoms with E-state index in [1.165, 1.54) is 4.57 Å².